The van der Waals surface area contributed by atoms with E-state index in [2.05, 4.69) is 23.0 Å². The number of likely N-dealkylation sites (tertiary alicyclic amines) is 1. The molecule has 0 spiro atoms. The molecule has 2 heterocycles. The number of pyridine rings is 1. The third kappa shape index (κ3) is 5.10. The van der Waals surface area contributed by atoms with Crippen LogP contribution in [0.5, 0.6) is 0 Å². The van der Waals surface area contributed by atoms with E-state index in [0.29, 0.717) is 18.9 Å². The molecule has 5 nitrogen and oxygen atoms in total. The average Bonchev–Trinajstić information content (AvgIpc) is 2.94. The molecule has 0 bridgehead atoms. The van der Waals surface area contributed by atoms with Crippen LogP contribution >= 0.6 is 0 Å². The zero-order chi connectivity index (χ0) is 15.1. The molecule has 0 aliphatic carbocycles. The number of rotatable bonds is 7. The molecule has 0 N–H and O–H groups in total. The first-order chi connectivity index (χ1) is 10.2. The maximum atomic E-state index is 12.0. The lowest BCUT2D eigenvalue weighted by Gasteiger charge is -2.21. The molecule has 1 atom stereocenters. The Morgan fingerprint density at radius 2 is 2.43 bits per heavy atom. The summed E-state index contributed by atoms with van der Waals surface area (Å²) < 4.78 is 4.97. The van der Waals surface area contributed by atoms with E-state index in [-0.39, 0.29) is 5.91 Å². The summed E-state index contributed by atoms with van der Waals surface area (Å²) in [5.74, 6) is 0.785. The van der Waals surface area contributed by atoms with Crippen LogP contribution in [0.4, 0.5) is 0 Å². The minimum Gasteiger partial charge on any atom is -0.384 e. The maximum absolute atomic E-state index is 12.0. The van der Waals surface area contributed by atoms with Crippen molar-refractivity contribution in [3.8, 4) is 0 Å². The van der Waals surface area contributed by atoms with E-state index in [4.69, 9.17) is 4.74 Å². The Labute approximate surface area is 126 Å². The van der Waals surface area contributed by atoms with Crippen molar-refractivity contribution in [2.45, 2.75) is 19.4 Å². The van der Waals surface area contributed by atoms with E-state index in [1.807, 2.05) is 17.2 Å². The molecule has 1 aliphatic rings. The number of ether oxygens (including phenoxy) is 1. The lowest BCUT2D eigenvalue weighted by Crippen LogP contribution is -2.32. The Balaban J connectivity index is 1.73. The molecule has 1 saturated heterocycles. The van der Waals surface area contributed by atoms with Crippen LogP contribution in [0.2, 0.25) is 0 Å². The Morgan fingerprint density at radius 3 is 3.14 bits per heavy atom. The van der Waals surface area contributed by atoms with Crippen molar-refractivity contribution in [2.24, 2.45) is 5.92 Å². The highest BCUT2D eigenvalue weighted by Crippen LogP contribution is 2.18. The lowest BCUT2D eigenvalue weighted by molar-refractivity contribution is -0.131. The Bertz CT molecular complexity index is 438. The standard InChI is InChI=1S/C16H25N3O2/c1-18(11-14-4-3-7-17-10-14)12-15-5-8-19(13-15)16(20)6-9-21-2/h3-4,7,10,15H,5-6,8-9,11-13H2,1-2H3/t15-/m1/s1. The molecule has 5 heteroatoms. The highest BCUT2D eigenvalue weighted by atomic mass is 16.5. The highest BCUT2D eigenvalue weighted by Gasteiger charge is 2.26. The van der Waals surface area contributed by atoms with E-state index in [0.717, 1.165) is 32.6 Å². The number of carbonyl (C=O) groups excluding carboxylic acids is 1. The maximum Gasteiger partial charge on any atom is 0.224 e. The largest absolute Gasteiger partial charge is 0.384 e. The summed E-state index contributed by atoms with van der Waals surface area (Å²) >= 11 is 0. The zero-order valence-corrected chi connectivity index (χ0v) is 13.0. The van der Waals surface area contributed by atoms with Gasteiger partial charge in [-0.15, -0.1) is 0 Å². The van der Waals surface area contributed by atoms with Crippen LogP contribution in [0, 0.1) is 5.92 Å². The number of amides is 1. The van der Waals surface area contributed by atoms with E-state index < -0.39 is 0 Å². The summed E-state index contributed by atoms with van der Waals surface area (Å²) in [5, 5.41) is 0. The monoisotopic (exact) mass is 291 g/mol. The van der Waals surface area contributed by atoms with Gasteiger partial charge in [-0.1, -0.05) is 6.07 Å². The van der Waals surface area contributed by atoms with Crippen LogP contribution in [0.1, 0.15) is 18.4 Å². The van der Waals surface area contributed by atoms with Crippen molar-refractivity contribution in [2.75, 3.05) is 40.4 Å². The summed E-state index contributed by atoms with van der Waals surface area (Å²) in [6.07, 6.45) is 5.29. The summed E-state index contributed by atoms with van der Waals surface area (Å²) in [6, 6.07) is 4.06. The smallest absolute Gasteiger partial charge is 0.224 e. The summed E-state index contributed by atoms with van der Waals surface area (Å²) in [6.45, 7) is 4.19. The Morgan fingerprint density at radius 1 is 1.57 bits per heavy atom. The van der Waals surface area contributed by atoms with Gasteiger partial charge in [-0.2, -0.15) is 0 Å². The molecule has 1 aromatic heterocycles. The predicted molar refractivity (Wildman–Crippen MR) is 81.8 cm³/mol. The second-order valence-corrected chi connectivity index (χ2v) is 5.80. The van der Waals surface area contributed by atoms with Crippen molar-refractivity contribution in [3.63, 3.8) is 0 Å². The van der Waals surface area contributed by atoms with Crippen molar-refractivity contribution in [1.29, 1.82) is 0 Å². The van der Waals surface area contributed by atoms with Gasteiger partial charge in [0, 0.05) is 45.7 Å². The molecule has 21 heavy (non-hydrogen) atoms. The lowest BCUT2D eigenvalue weighted by atomic mass is 10.1. The van der Waals surface area contributed by atoms with E-state index >= 15 is 0 Å². The Hall–Kier alpha value is -1.46. The first-order valence-corrected chi connectivity index (χ1v) is 7.53. The number of carbonyl (C=O) groups is 1. The minimum absolute atomic E-state index is 0.217. The van der Waals surface area contributed by atoms with Gasteiger partial charge in [0.05, 0.1) is 13.0 Å². The molecular formula is C16H25N3O2. The van der Waals surface area contributed by atoms with Gasteiger partial charge in [-0.3, -0.25) is 9.78 Å². The molecule has 1 aromatic rings. The van der Waals surface area contributed by atoms with Gasteiger partial charge in [-0.25, -0.2) is 0 Å². The summed E-state index contributed by atoms with van der Waals surface area (Å²) in [5.41, 5.74) is 1.23. The van der Waals surface area contributed by atoms with Gasteiger partial charge in [0.2, 0.25) is 5.91 Å². The van der Waals surface area contributed by atoms with E-state index in [1.165, 1.54) is 5.56 Å². The highest BCUT2D eigenvalue weighted by molar-refractivity contribution is 5.76. The fourth-order valence-electron chi connectivity index (χ4n) is 2.86. The molecule has 116 valence electrons. The molecular weight excluding hydrogens is 266 g/mol. The fourth-order valence-corrected chi connectivity index (χ4v) is 2.86. The first-order valence-electron chi connectivity index (χ1n) is 7.53. The molecule has 1 amide bonds. The summed E-state index contributed by atoms with van der Waals surface area (Å²) in [7, 11) is 3.76. The van der Waals surface area contributed by atoms with Crippen LogP contribution in [-0.2, 0) is 16.1 Å². The number of hydrogen-bond acceptors (Lipinski definition) is 4. The van der Waals surface area contributed by atoms with Crippen LogP contribution < -0.4 is 0 Å². The second-order valence-electron chi connectivity index (χ2n) is 5.80. The van der Waals surface area contributed by atoms with Crippen molar-refractivity contribution in [1.82, 2.24) is 14.8 Å². The second kappa shape index (κ2) is 8.10. The number of aromatic nitrogens is 1. The molecule has 0 radical (unpaired) electrons. The van der Waals surface area contributed by atoms with Crippen molar-refractivity contribution < 1.29 is 9.53 Å². The third-order valence-corrected chi connectivity index (χ3v) is 3.90. The number of methoxy groups -OCH3 is 1. The number of hydrogen-bond donors (Lipinski definition) is 0. The SMILES string of the molecule is COCCC(=O)N1CC[C@H](CN(C)Cc2cccnc2)C1. The van der Waals surface area contributed by atoms with Gasteiger partial charge < -0.3 is 14.5 Å². The predicted octanol–water partition coefficient (Wildman–Crippen LogP) is 1.40. The van der Waals surface area contributed by atoms with Gasteiger partial charge in [0.15, 0.2) is 0 Å². The topological polar surface area (TPSA) is 45.7 Å². The quantitative estimate of drug-likeness (QED) is 0.762. The van der Waals surface area contributed by atoms with Crippen LogP contribution in [0.15, 0.2) is 24.5 Å². The van der Waals surface area contributed by atoms with Crippen LogP contribution in [0.25, 0.3) is 0 Å². The van der Waals surface area contributed by atoms with Crippen LogP contribution in [-0.4, -0.2) is 61.1 Å². The molecule has 0 aromatic carbocycles. The van der Waals surface area contributed by atoms with Gasteiger partial charge in [0.1, 0.15) is 0 Å². The molecule has 1 aliphatic heterocycles. The first kappa shape index (κ1) is 15.9. The molecule has 1 fully saturated rings. The van der Waals surface area contributed by atoms with E-state index in [1.54, 1.807) is 13.3 Å². The van der Waals surface area contributed by atoms with Crippen molar-refractivity contribution in [3.05, 3.63) is 30.1 Å². The normalized spacial score (nSPS) is 18.4. The molecule has 0 saturated carbocycles. The summed E-state index contributed by atoms with van der Waals surface area (Å²) in [4.78, 5) is 20.4. The van der Waals surface area contributed by atoms with Crippen LogP contribution in [0.3, 0.4) is 0 Å². The third-order valence-electron chi connectivity index (χ3n) is 3.90. The van der Waals surface area contributed by atoms with E-state index in [9.17, 15) is 4.79 Å². The molecule has 2 rings (SSSR count). The van der Waals surface area contributed by atoms with Gasteiger partial charge in [-0.05, 0) is 31.0 Å². The van der Waals surface area contributed by atoms with Gasteiger partial charge >= 0.3 is 0 Å². The minimum atomic E-state index is 0.217. The zero-order valence-electron chi connectivity index (χ0n) is 13.0. The van der Waals surface area contributed by atoms with Crippen molar-refractivity contribution >= 4 is 5.91 Å². The number of nitrogens with zero attached hydrogens (tertiary/aromatic N) is 3. The van der Waals surface area contributed by atoms with Gasteiger partial charge in [0.25, 0.3) is 0 Å². The fraction of sp³-hybridized carbons (Fsp3) is 0.625. The Kier molecular flexibility index (Phi) is 6.14. The molecule has 0 unspecified atom stereocenters. The average molecular weight is 291 g/mol.